The summed E-state index contributed by atoms with van der Waals surface area (Å²) in [5, 5.41) is 0.490. The Morgan fingerprint density at radius 3 is 2.63 bits per heavy atom. The highest BCUT2D eigenvalue weighted by Crippen LogP contribution is 2.40. The van der Waals surface area contributed by atoms with Crippen molar-refractivity contribution in [3.8, 4) is 16.9 Å². The van der Waals surface area contributed by atoms with Crippen LogP contribution in [0, 0.1) is 0 Å². The van der Waals surface area contributed by atoms with Crippen molar-refractivity contribution >= 4 is 23.5 Å². The third-order valence-corrected chi connectivity index (χ3v) is 5.41. The number of benzene rings is 2. The lowest BCUT2D eigenvalue weighted by atomic mass is 9.99. The molecule has 2 aromatic carbocycles. The van der Waals surface area contributed by atoms with E-state index < -0.39 is 12.1 Å². The number of hydrogen-bond donors (Lipinski definition) is 0. The van der Waals surface area contributed by atoms with Crippen molar-refractivity contribution in [3.05, 3.63) is 64.7 Å². The number of esters is 1. The number of amides is 1. The third-order valence-electron chi connectivity index (χ3n) is 5.13. The number of rotatable bonds is 5. The molecule has 7 heteroatoms. The van der Waals surface area contributed by atoms with Gasteiger partial charge in [-0.1, -0.05) is 23.7 Å². The van der Waals surface area contributed by atoms with E-state index in [1.54, 1.807) is 25.1 Å². The molecule has 156 valence electrons. The second-order valence-electron chi connectivity index (χ2n) is 7.30. The van der Waals surface area contributed by atoms with Crippen molar-refractivity contribution in [1.29, 1.82) is 0 Å². The number of nitrogens with zero attached hydrogens (tertiary/aromatic N) is 1. The van der Waals surface area contributed by atoms with Crippen molar-refractivity contribution in [2.75, 3.05) is 19.7 Å². The Morgan fingerprint density at radius 1 is 1.23 bits per heavy atom. The average molecular weight is 430 g/mol. The number of hydrogen-bond acceptors (Lipinski definition) is 4. The van der Waals surface area contributed by atoms with Crippen LogP contribution in [0.4, 0.5) is 4.39 Å². The number of carbonyl (C=O) groups excluding carboxylic acids is 2. The van der Waals surface area contributed by atoms with Crippen LogP contribution in [0.25, 0.3) is 11.1 Å². The van der Waals surface area contributed by atoms with Gasteiger partial charge >= 0.3 is 5.97 Å². The summed E-state index contributed by atoms with van der Waals surface area (Å²) in [6.07, 6.45) is 2.43. The highest BCUT2D eigenvalue weighted by molar-refractivity contribution is 6.32. The van der Waals surface area contributed by atoms with Gasteiger partial charge in [0.1, 0.15) is 18.0 Å². The first-order chi connectivity index (χ1) is 14.4. The molecule has 0 N–H and O–H groups in total. The van der Waals surface area contributed by atoms with Gasteiger partial charge in [-0.25, -0.2) is 9.18 Å². The molecule has 2 aliphatic heterocycles. The summed E-state index contributed by atoms with van der Waals surface area (Å²) in [6, 6.07) is 11.0. The third kappa shape index (κ3) is 4.19. The lowest BCUT2D eigenvalue weighted by Gasteiger charge is -2.34. The summed E-state index contributed by atoms with van der Waals surface area (Å²) in [4.78, 5) is 25.3. The average Bonchev–Trinajstić information content (AvgIpc) is 3.13. The van der Waals surface area contributed by atoms with E-state index in [9.17, 15) is 14.0 Å². The first-order valence-electron chi connectivity index (χ1n) is 9.82. The summed E-state index contributed by atoms with van der Waals surface area (Å²) in [6.45, 7) is 2.39. The molecule has 2 aromatic rings. The molecule has 1 saturated heterocycles. The zero-order valence-corrected chi connectivity index (χ0v) is 17.2. The zero-order valence-electron chi connectivity index (χ0n) is 16.4. The first-order valence-corrected chi connectivity index (χ1v) is 10.2. The van der Waals surface area contributed by atoms with E-state index >= 15 is 0 Å². The Labute approximate surface area is 179 Å². The van der Waals surface area contributed by atoms with Gasteiger partial charge in [0, 0.05) is 23.6 Å². The van der Waals surface area contributed by atoms with Gasteiger partial charge in [0.2, 0.25) is 0 Å². The standard InChI is InChI=1S/C23H21ClFNO4/c1-2-29-21(27)8-7-19-10-17-9-16(11-20(24)22(17)30-19)14-3-5-15(6-4-14)23(28)26-12-18(25)13-26/h3-9,11,18-19H,2,10,12-13H2,1H3/b8-7+. The van der Waals surface area contributed by atoms with Gasteiger partial charge in [-0.3, -0.25) is 4.79 Å². The molecule has 1 amide bonds. The van der Waals surface area contributed by atoms with Crippen molar-refractivity contribution in [2.45, 2.75) is 25.6 Å². The van der Waals surface area contributed by atoms with Crippen molar-refractivity contribution in [3.63, 3.8) is 0 Å². The van der Waals surface area contributed by atoms with Crippen LogP contribution >= 0.6 is 11.6 Å². The number of likely N-dealkylation sites (tertiary alicyclic amines) is 1. The molecule has 0 radical (unpaired) electrons. The Bertz CT molecular complexity index is 999. The molecule has 4 rings (SSSR count). The summed E-state index contributed by atoms with van der Waals surface area (Å²) < 4.78 is 23.7. The zero-order chi connectivity index (χ0) is 21.3. The fourth-order valence-electron chi connectivity index (χ4n) is 3.57. The van der Waals surface area contributed by atoms with Crippen molar-refractivity contribution < 1.29 is 23.5 Å². The highest BCUT2D eigenvalue weighted by atomic mass is 35.5. The Balaban J connectivity index is 1.48. The van der Waals surface area contributed by atoms with Crippen LogP contribution in [-0.4, -0.2) is 48.7 Å². The van der Waals surface area contributed by atoms with E-state index in [0.717, 1.165) is 16.7 Å². The van der Waals surface area contributed by atoms with Gasteiger partial charge in [-0.05, 0) is 48.4 Å². The van der Waals surface area contributed by atoms with Crippen LogP contribution in [-0.2, 0) is 16.0 Å². The van der Waals surface area contributed by atoms with Crippen LogP contribution in [0.2, 0.25) is 5.02 Å². The SMILES string of the molecule is CCOC(=O)/C=C/C1Cc2cc(-c3ccc(C(=O)N4CC(F)C4)cc3)cc(Cl)c2O1. The van der Waals surface area contributed by atoms with Gasteiger partial charge in [0.25, 0.3) is 5.91 Å². The topological polar surface area (TPSA) is 55.8 Å². The molecule has 2 aliphatic rings. The lowest BCUT2D eigenvalue weighted by Crippen LogP contribution is -2.51. The van der Waals surface area contributed by atoms with E-state index in [4.69, 9.17) is 21.1 Å². The molecule has 5 nitrogen and oxygen atoms in total. The largest absolute Gasteiger partial charge is 0.484 e. The quantitative estimate of drug-likeness (QED) is 0.527. The number of halogens is 2. The summed E-state index contributed by atoms with van der Waals surface area (Å²) >= 11 is 6.43. The summed E-state index contributed by atoms with van der Waals surface area (Å²) in [5.74, 6) is 0.0510. The van der Waals surface area contributed by atoms with Crippen LogP contribution < -0.4 is 4.74 Å². The minimum atomic E-state index is -0.917. The fraction of sp³-hybridized carbons (Fsp3) is 0.304. The van der Waals surface area contributed by atoms with E-state index in [1.165, 1.54) is 11.0 Å². The molecule has 30 heavy (non-hydrogen) atoms. The van der Waals surface area contributed by atoms with E-state index in [1.807, 2.05) is 24.3 Å². The van der Waals surface area contributed by atoms with Crippen LogP contribution in [0.5, 0.6) is 5.75 Å². The smallest absolute Gasteiger partial charge is 0.330 e. The predicted molar refractivity (Wildman–Crippen MR) is 112 cm³/mol. The molecule has 1 fully saturated rings. The maximum Gasteiger partial charge on any atom is 0.330 e. The fourth-order valence-corrected chi connectivity index (χ4v) is 3.86. The van der Waals surface area contributed by atoms with E-state index in [0.29, 0.717) is 29.4 Å². The first kappa shape index (κ1) is 20.4. The van der Waals surface area contributed by atoms with Gasteiger partial charge in [-0.2, -0.15) is 0 Å². The Hall–Kier alpha value is -2.86. The molecule has 0 aromatic heterocycles. The minimum absolute atomic E-state index is 0.160. The molecule has 0 saturated carbocycles. The summed E-state index contributed by atoms with van der Waals surface area (Å²) in [7, 11) is 0. The molecule has 1 atom stereocenters. The number of ether oxygens (including phenoxy) is 2. The molecule has 0 aliphatic carbocycles. The van der Waals surface area contributed by atoms with Crippen LogP contribution in [0.3, 0.4) is 0 Å². The van der Waals surface area contributed by atoms with Gasteiger partial charge in [-0.15, -0.1) is 0 Å². The Kier molecular flexibility index (Phi) is 5.77. The van der Waals surface area contributed by atoms with Crippen LogP contribution in [0.1, 0.15) is 22.8 Å². The maximum absolute atomic E-state index is 13.0. The predicted octanol–water partition coefficient (Wildman–Crippen LogP) is 4.22. The minimum Gasteiger partial charge on any atom is -0.484 e. The highest BCUT2D eigenvalue weighted by Gasteiger charge is 2.31. The monoisotopic (exact) mass is 429 g/mol. The van der Waals surface area contributed by atoms with Crippen LogP contribution in [0.15, 0.2) is 48.6 Å². The van der Waals surface area contributed by atoms with Crippen molar-refractivity contribution in [1.82, 2.24) is 4.90 Å². The Morgan fingerprint density at radius 2 is 1.97 bits per heavy atom. The molecular weight excluding hydrogens is 409 g/mol. The summed E-state index contributed by atoms with van der Waals surface area (Å²) in [5.41, 5.74) is 3.30. The normalized spacial score (nSPS) is 18.1. The molecule has 0 bridgehead atoms. The molecule has 0 spiro atoms. The molecular formula is C23H21ClFNO4. The number of alkyl halides is 1. The number of fused-ring (bicyclic) bond motifs is 1. The van der Waals surface area contributed by atoms with E-state index in [2.05, 4.69) is 0 Å². The number of carbonyl (C=O) groups is 2. The van der Waals surface area contributed by atoms with Gasteiger partial charge in [0.05, 0.1) is 24.7 Å². The molecule has 2 heterocycles. The van der Waals surface area contributed by atoms with Gasteiger partial charge < -0.3 is 14.4 Å². The van der Waals surface area contributed by atoms with Crippen molar-refractivity contribution in [2.24, 2.45) is 0 Å². The van der Waals surface area contributed by atoms with E-state index in [-0.39, 0.29) is 25.1 Å². The maximum atomic E-state index is 13.0. The lowest BCUT2D eigenvalue weighted by molar-refractivity contribution is -0.137. The second kappa shape index (κ2) is 8.48. The second-order valence-corrected chi connectivity index (χ2v) is 7.71. The van der Waals surface area contributed by atoms with Gasteiger partial charge in [0.15, 0.2) is 0 Å². The molecule has 1 unspecified atom stereocenters.